The maximum Gasteiger partial charge on any atom is 0.218 e. The molecular formula is C6H13NO3S. The standard InChI is InChI=1S/C6H13NO3S/c1-7(2)11(8,9)6-3-4-10-5-6/h6H,3-5H2,1-2H3. The zero-order valence-corrected chi connectivity index (χ0v) is 7.60. The van der Waals surface area contributed by atoms with Gasteiger partial charge < -0.3 is 4.74 Å². The van der Waals surface area contributed by atoms with Gasteiger partial charge in [-0.25, -0.2) is 12.7 Å². The molecule has 66 valence electrons. The van der Waals surface area contributed by atoms with Crippen LogP contribution in [0.5, 0.6) is 0 Å². The van der Waals surface area contributed by atoms with Crippen LogP contribution in [0.1, 0.15) is 6.42 Å². The van der Waals surface area contributed by atoms with Crippen LogP contribution >= 0.6 is 0 Å². The Bertz CT molecular complexity index is 216. The molecule has 11 heavy (non-hydrogen) atoms. The average Bonchev–Trinajstić information content (AvgIpc) is 2.37. The Morgan fingerprint density at radius 1 is 1.45 bits per heavy atom. The van der Waals surface area contributed by atoms with Crippen molar-refractivity contribution in [2.45, 2.75) is 11.7 Å². The van der Waals surface area contributed by atoms with Gasteiger partial charge in [-0.2, -0.15) is 0 Å². The van der Waals surface area contributed by atoms with Crippen LogP contribution in [0.25, 0.3) is 0 Å². The topological polar surface area (TPSA) is 46.6 Å². The highest BCUT2D eigenvalue weighted by atomic mass is 32.2. The molecule has 0 amide bonds. The molecule has 0 bridgehead atoms. The molecule has 1 heterocycles. The largest absolute Gasteiger partial charge is 0.380 e. The van der Waals surface area contributed by atoms with E-state index in [4.69, 9.17) is 4.74 Å². The van der Waals surface area contributed by atoms with E-state index < -0.39 is 10.0 Å². The predicted molar refractivity (Wildman–Crippen MR) is 41.8 cm³/mol. The number of ether oxygens (including phenoxy) is 1. The van der Waals surface area contributed by atoms with Crippen molar-refractivity contribution in [1.82, 2.24) is 4.31 Å². The Labute approximate surface area is 67.2 Å². The van der Waals surface area contributed by atoms with Crippen LogP contribution in [-0.2, 0) is 14.8 Å². The molecule has 0 spiro atoms. The van der Waals surface area contributed by atoms with Crippen LogP contribution in [0.2, 0.25) is 0 Å². The molecule has 1 aliphatic rings. The van der Waals surface area contributed by atoms with Gasteiger partial charge in [-0.3, -0.25) is 0 Å². The van der Waals surface area contributed by atoms with E-state index in [1.807, 2.05) is 0 Å². The number of nitrogens with zero attached hydrogens (tertiary/aromatic N) is 1. The molecule has 0 saturated carbocycles. The van der Waals surface area contributed by atoms with Gasteiger partial charge in [-0.05, 0) is 6.42 Å². The van der Waals surface area contributed by atoms with Crippen LogP contribution < -0.4 is 0 Å². The van der Waals surface area contributed by atoms with Gasteiger partial charge in [0.1, 0.15) is 5.25 Å². The first-order valence-corrected chi connectivity index (χ1v) is 5.04. The van der Waals surface area contributed by atoms with Crippen molar-refractivity contribution >= 4 is 10.0 Å². The smallest absolute Gasteiger partial charge is 0.218 e. The fourth-order valence-electron chi connectivity index (χ4n) is 1.05. The lowest BCUT2D eigenvalue weighted by molar-refractivity contribution is 0.198. The summed E-state index contributed by atoms with van der Waals surface area (Å²) in [6, 6.07) is 0. The summed E-state index contributed by atoms with van der Waals surface area (Å²) in [5, 5.41) is -0.322. The molecule has 1 fully saturated rings. The minimum atomic E-state index is -3.07. The van der Waals surface area contributed by atoms with E-state index in [-0.39, 0.29) is 5.25 Å². The molecular weight excluding hydrogens is 166 g/mol. The highest BCUT2D eigenvalue weighted by Crippen LogP contribution is 2.15. The Morgan fingerprint density at radius 3 is 2.45 bits per heavy atom. The minimum absolute atomic E-state index is 0.322. The monoisotopic (exact) mass is 179 g/mol. The second-order valence-corrected chi connectivity index (χ2v) is 5.24. The van der Waals surface area contributed by atoms with E-state index in [1.54, 1.807) is 14.1 Å². The fraction of sp³-hybridized carbons (Fsp3) is 1.00. The molecule has 1 rings (SSSR count). The maximum atomic E-state index is 11.4. The van der Waals surface area contributed by atoms with Crippen LogP contribution in [-0.4, -0.2) is 45.3 Å². The first-order valence-electron chi connectivity index (χ1n) is 3.54. The normalized spacial score (nSPS) is 26.3. The molecule has 4 nitrogen and oxygen atoms in total. The summed E-state index contributed by atoms with van der Waals surface area (Å²) in [6.45, 7) is 0.915. The maximum absolute atomic E-state index is 11.4. The molecule has 5 heteroatoms. The van der Waals surface area contributed by atoms with Crippen molar-refractivity contribution in [2.75, 3.05) is 27.3 Å². The molecule has 0 N–H and O–H groups in total. The molecule has 1 unspecified atom stereocenters. The molecule has 1 saturated heterocycles. The molecule has 0 aliphatic carbocycles. The Balaban J connectivity index is 2.72. The fourth-order valence-corrected chi connectivity index (χ4v) is 2.30. The quantitative estimate of drug-likeness (QED) is 0.583. The van der Waals surface area contributed by atoms with Gasteiger partial charge in [0, 0.05) is 20.7 Å². The third-order valence-electron chi connectivity index (χ3n) is 1.82. The molecule has 0 aromatic carbocycles. The summed E-state index contributed by atoms with van der Waals surface area (Å²) in [4.78, 5) is 0. The van der Waals surface area contributed by atoms with Gasteiger partial charge in [0.15, 0.2) is 0 Å². The van der Waals surface area contributed by atoms with Crippen molar-refractivity contribution in [2.24, 2.45) is 0 Å². The van der Waals surface area contributed by atoms with Crippen LogP contribution in [0, 0.1) is 0 Å². The lowest BCUT2D eigenvalue weighted by Crippen LogP contribution is -2.33. The number of hydrogen-bond donors (Lipinski definition) is 0. The SMILES string of the molecule is CN(C)S(=O)(=O)C1CCOC1. The molecule has 1 atom stereocenters. The van der Waals surface area contributed by atoms with E-state index in [1.165, 1.54) is 4.31 Å². The Kier molecular flexibility index (Phi) is 2.51. The first kappa shape index (κ1) is 8.96. The second-order valence-electron chi connectivity index (χ2n) is 2.81. The van der Waals surface area contributed by atoms with E-state index in [2.05, 4.69) is 0 Å². The van der Waals surface area contributed by atoms with Gasteiger partial charge in [-0.15, -0.1) is 0 Å². The van der Waals surface area contributed by atoms with Gasteiger partial charge in [-0.1, -0.05) is 0 Å². The third kappa shape index (κ3) is 1.72. The summed E-state index contributed by atoms with van der Waals surface area (Å²) < 4.78 is 29.0. The summed E-state index contributed by atoms with van der Waals surface area (Å²) in [5.41, 5.74) is 0. The lowest BCUT2D eigenvalue weighted by atomic mass is 10.4. The van der Waals surface area contributed by atoms with Crippen LogP contribution in [0.3, 0.4) is 0 Å². The van der Waals surface area contributed by atoms with E-state index in [0.29, 0.717) is 19.6 Å². The van der Waals surface area contributed by atoms with Crippen molar-refractivity contribution in [3.63, 3.8) is 0 Å². The van der Waals surface area contributed by atoms with Crippen molar-refractivity contribution < 1.29 is 13.2 Å². The Morgan fingerprint density at radius 2 is 2.09 bits per heavy atom. The predicted octanol–water partition coefficient (Wildman–Crippen LogP) is -0.333. The van der Waals surface area contributed by atoms with Crippen LogP contribution in [0.15, 0.2) is 0 Å². The third-order valence-corrected chi connectivity index (χ3v) is 4.05. The zero-order chi connectivity index (χ0) is 8.48. The van der Waals surface area contributed by atoms with Gasteiger partial charge in [0.2, 0.25) is 10.0 Å². The number of sulfonamides is 1. The molecule has 0 aromatic rings. The minimum Gasteiger partial charge on any atom is -0.380 e. The van der Waals surface area contributed by atoms with Gasteiger partial charge in [0.25, 0.3) is 0 Å². The van der Waals surface area contributed by atoms with E-state index >= 15 is 0 Å². The van der Waals surface area contributed by atoms with Crippen molar-refractivity contribution in [3.8, 4) is 0 Å². The average molecular weight is 179 g/mol. The van der Waals surface area contributed by atoms with Gasteiger partial charge in [0.05, 0.1) is 6.61 Å². The highest BCUT2D eigenvalue weighted by molar-refractivity contribution is 7.89. The van der Waals surface area contributed by atoms with E-state index in [9.17, 15) is 8.42 Å². The zero-order valence-electron chi connectivity index (χ0n) is 6.78. The number of rotatable bonds is 2. The molecule has 0 aromatic heterocycles. The summed E-state index contributed by atoms with van der Waals surface area (Å²) in [5.74, 6) is 0. The highest BCUT2D eigenvalue weighted by Gasteiger charge is 2.30. The molecule has 0 radical (unpaired) electrons. The second kappa shape index (κ2) is 3.08. The van der Waals surface area contributed by atoms with Crippen molar-refractivity contribution in [1.29, 1.82) is 0 Å². The lowest BCUT2D eigenvalue weighted by Gasteiger charge is -2.15. The summed E-state index contributed by atoms with van der Waals surface area (Å²) in [6.07, 6.45) is 0.626. The summed E-state index contributed by atoms with van der Waals surface area (Å²) in [7, 11) is 0.0302. The Hall–Kier alpha value is -0.130. The van der Waals surface area contributed by atoms with Gasteiger partial charge >= 0.3 is 0 Å². The molecule has 1 aliphatic heterocycles. The number of hydrogen-bond acceptors (Lipinski definition) is 3. The first-order chi connectivity index (χ1) is 5.05. The van der Waals surface area contributed by atoms with Crippen LogP contribution in [0.4, 0.5) is 0 Å². The van der Waals surface area contributed by atoms with E-state index in [0.717, 1.165) is 0 Å². The van der Waals surface area contributed by atoms with Crippen molar-refractivity contribution in [3.05, 3.63) is 0 Å². The summed E-state index contributed by atoms with van der Waals surface area (Å²) >= 11 is 0.